The summed E-state index contributed by atoms with van der Waals surface area (Å²) in [7, 11) is 1.95. The summed E-state index contributed by atoms with van der Waals surface area (Å²) in [5.74, 6) is 0.743. The number of hydrogen-bond acceptors (Lipinski definition) is 4. The Hall–Kier alpha value is -1.72. The molecule has 2 aromatic carbocycles. The van der Waals surface area contributed by atoms with Crippen LogP contribution >= 0.6 is 0 Å². The largest absolute Gasteiger partial charge is 0.355 e. The van der Waals surface area contributed by atoms with E-state index in [1.54, 1.807) is 0 Å². The number of nitrogens with one attached hydrogen (secondary N) is 1. The Bertz CT molecular complexity index is 674. The summed E-state index contributed by atoms with van der Waals surface area (Å²) in [6, 6.07) is 19.1. The Labute approximate surface area is 190 Å². The molecule has 0 bridgehead atoms. The number of ether oxygens (including phenoxy) is 2. The van der Waals surface area contributed by atoms with E-state index in [-0.39, 0.29) is 12.1 Å². The highest BCUT2D eigenvalue weighted by molar-refractivity contribution is 5.63. The SMILES string of the molecule is CC.CC.CNCCC(N)C(Cc1cccc(-c2ccccc2)c1)OCOCC1CC1. The predicted octanol–water partition coefficient (Wildman–Crippen LogP) is 5.65. The van der Waals surface area contributed by atoms with Crippen LogP contribution in [0.2, 0.25) is 0 Å². The summed E-state index contributed by atoms with van der Waals surface area (Å²) >= 11 is 0. The van der Waals surface area contributed by atoms with Gasteiger partial charge in [-0.3, -0.25) is 0 Å². The van der Waals surface area contributed by atoms with Gasteiger partial charge in [0.25, 0.3) is 0 Å². The topological polar surface area (TPSA) is 56.5 Å². The summed E-state index contributed by atoms with van der Waals surface area (Å²) in [6.07, 6.45) is 4.19. The molecule has 0 heterocycles. The van der Waals surface area contributed by atoms with Gasteiger partial charge < -0.3 is 20.5 Å². The molecule has 1 saturated carbocycles. The van der Waals surface area contributed by atoms with Gasteiger partial charge in [0.15, 0.2) is 0 Å². The minimum Gasteiger partial charge on any atom is -0.355 e. The lowest BCUT2D eigenvalue weighted by Gasteiger charge is -2.24. The van der Waals surface area contributed by atoms with Gasteiger partial charge in [0.1, 0.15) is 6.79 Å². The van der Waals surface area contributed by atoms with E-state index in [0.717, 1.165) is 31.9 Å². The second kappa shape index (κ2) is 16.9. The van der Waals surface area contributed by atoms with E-state index in [1.807, 2.05) is 40.8 Å². The van der Waals surface area contributed by atoms with E-state index in [2.05, 4.69) is 53.8 Å². The zero-order chi connectivity index (χ0) is 22.9. The van der Waals surface area contributed by atoms with Gasteiger partial charge in [-0.05, 0) is 55.5 Å². The molecule has 0 radical (unpaired) electrons. The van der Waals surface area contributed by atoms with Crippen LogP contribution in [0.3, 0.4) is 0 Å². The van der Waals surface area contributed by atoms with Gasteiger partial charge in [-0.25, -0.2) is 0 Å². The highest BCUT2D eigenvalue weighted by Crippen LogP contribution is 2.28. The van der Waals surface area contributed by atoms with Gasteiger partial charge in [-0.1, -0.05) is 82.3 Å². The maximum absolute atomic E-state index is 6.43. The van der Waals surface area contributed by atoms with Gasteiger partial charge in [0, 0.05) is 12.5 Å². The van der Waals surface area contributed by atoms with Crippen LogP contribution in [0.25, 0.3) is 11.1 Å². The Kier molecular flexibility index (Phi) is 14.9. The van der Waals surface area contributed by atoms with Crippen LogP contribution in [0.1, 0.15) is 52.5 Å². The second-order valence-corrected chi connectivity index (χ2v) is 7.46. The molecule has 2 atom stereocenters. The average Bonchev–Trinajstić information content (AvgIpc) is 3.67. The van der Waals surface area contributed by atoms with Crippen molar-refractivity contribution in [3.05, 3.63) is 60.2 Å². The number of hydrogen-bond donors (Lipinski definition) is 2. The van der Waals surface area contributed by atoms with E-state index in [0.29, 0.717) is 6.79 Å². The summed E-state index contributed by atoms with van der Waals surface area (Å²) in [6.45, 7) is 10.0. The maximum Gasteiger partial charge on any atom is 0.147 e. The van der Waals surface area contributed by atoms with Crippen LogP contribution in [0.4, 0.5) is 0 Å². The van der Waals surface area contributed by atoms with E-state index in [9.17, 15) is 0 Å². The summed E-state index contributed by atoms with van der Waals surface area (Å²) in [5, 5.41) is 3.17. The standard InChI is InChI=1S/C23H32N2O2.2C2H6/c1-25-13-12-22(24)23(27-17-26-16-18-10-11-18)15-19-6-5-9-21(14-19)20-7-3-2-4-8-20;2*1-2/h2-9,14,18,22-23,25H,10-13,15-17,24H2,1H3;2*1-2H3. The molecule has 0 spiro atoms. The van der Waals surface area contributed by atoms with Gasteiger partial charge in [-0.2, -0.15) is 0 Å². The number of benzene rings is 2. The highest BCUT2D eigenvalue weighted by atomic mass is 16.7. The zero-order valence-corrected chi connectivity index (χ0v) is 20.3. The van der Waals surface area contributed by atoms with Crippen LogP contribution in [0.5, 0.6) is 0 Å². The molecule has 1 aliphatic rings. The normalized spacial score (nSPS) is 14.5. The molecule has 2 aromatic rings. The zero-order valence-electron chi connectivity index (χ0n) is 20.3. The van der Waals surface area contributed by atoms with Crippen molar-refractivity contribution in [3.8, 4) is 11.1 Å². The fourth-order valence-electron chi connectivity index (χ4n) is 3.21. The predicted molar refractivity (Wildman–Crippen MR) is 133 cm³/mol. The second-order valence-electron chi connectivity index (χ2n) is 7.46. The third-order valence-corrected chi connectivity index (χ3v) is 5.09. The van der Waals surface area contributed by atoms with Crippen LogP contribution in [0, 0.1) is 5.92 Å². The Morgan fingerprint density at radius 3 is 2.29 bits per heavy atom. The van der Waals surface area contributed by atoms with Crippen LogP contribution < -0.4 is 11.1 Å². The third-order valence-electron chi connectivity index (χ3n) is 5.09. The first kappa shape index (κ1) is 27.3. The molecule has 31 heavy (non-hydrogen) atoms. The minimum absolute atomic E-state index is 0.0256. The molecule has 174 valence electrons. The molecule has 0 amide bonds. The first-order chi connectivity index (χ1) is 15.3. The molecule has 1 aliphatic carbocycles. The number of nitrogens with two attached hydrogens (primary N) is 1. The maximum atomic E-state index is 6.43. The van der Waals surface area contributed by atoms with Crippen molar-refractivity contribution in [1.29, 1.82) is 0 Å². The lowest BCUT2D eigenvalue weighted by atomic mass is 9.97. The molecule has 3 N–H and O–H groups in total. The van der Waals surface area contributed by atoms with Crippen molar-refractivity contribution in [1.82, 2.24) is 5.32 Å². The van der Waals surface area contributed by atoms with Crippen molar-refractivity contribution in [2.75, 3.05) is 27.0 Å². The quantitative estimate of drug-likeness (QED) is 0.338. The van der Waals surface area contributed by atoms with Crippen molar-refractivity contribution >= 4 is 0 Å². The van der Waals surface area contributed by atoms with Gasteiger partial charge in [-0.15, -0.1) is 0 Å². The first-order valence-electron chi connectivity index (χ1n) is 12.0. The Balaban J connectivity index is 0.00000113. The molecule has 3 rings (SSSR count). The lowest BCUT2D eigenvalue weighted by molar-refractivity contribution is -0.0986. The van der Waals surface area contributed by atoms with Crippen molar-refractivity contribution in [2.24, 2.45) is 11.7 Å². The van der Waals surface area contributed by atoms with Gasteiger partial charge in [0.05, 0.1) is 12.7 Å². The van der Waals surface area contributed by atoms with Crippen molar-refractivity contribution in [2.45, 2.75) is 65.5 Å². The van der Waals surface area contributed by atoms with E-state index in [1.165, 1.54) is 29.5 Å². The smallest absolute Gasteiger partial charge is 0.147 e. The highest BCUT2D eigenvalue weighted by Gasteiger charge is 2.22. The fraction of sp³-hybridized carbons (Fsp3) is 0.556. The molecular weight excluding hydrogens is 384 g/mol. The van der Waals surface area contributed by atoms with Crippen LogP contribution in [0.15, 0.2) is 54.6 Å². The molecule has 2 unspecified atom stereocenters. The Morgan fingerprint density at radius 1 is 0.968 bits per heavy atom. The first-order valence-corrected chi connectivity index (χ1v) is 12.0. The fourth-order valence-corrected chi connectivity index (χ4v) is 3.21. The third kappa shape index (κ3) is 10.9. The average molecular weight is 429 g/mol. The van der Waals surface area contributed by atoms with Crippen LogP contribution in [-0.4, -0.2) is 39.1 Å². The molecule has 0 saturated heterocycles. The van der Waals surface area contributed by atoms with Crippen molar-refractivity contribution in [3.63, 3.8) is 0 Å². The Morgan fingerprint density at radius 2 is 1.65 bits per heavy atom. The van der Waals surface area contributed by atoms with Gasteiger partial charge >= 0.3 is 0 Å². The van der Waals surface area contributed by atoms with Crippen LogP contribution in [-0.2, 0) is 15.9 Å². The molecule has 1 fully saturated rings. The summed E-state index contributed by atoms with van der Waals surface area (Å²) in [5.41, 5.74) is 10.1. The van der Waals surface area contributed by atoms with Gasteiger partial charge in [0.2, 0.25) is 0 Å². The molecule has 4 nitrogen and oxygen atoms in total. The summed E-state index contributed by atoms with van der Waals surface area (Å²) < 4.78 is 11.7. The summed E-state index contributed by atoms with van der Waals surface area (Å²) in [4.78, 5) is 0. The van der Waals surface area contributed by atoms with E-state index < -0.39 is 0 Å². The minimum atomic E-state index is -0.0522. The molecule has 0 aromatic heterocycles. The number of rotatable bonds is 12. The molecule has 0 aliphatic heterocycles. The monoisotopic (exact) mass is 428 g/mol. The lowest BCUT2D eigenvalue weighted by Crippen LogP contribution is -2.40. The molecule has 4 heteroatoms. The molecular formula is C27H44N2O2. The van der Waals surface area contributed by atoms with E-state index in [4.69, 9.17) is 15.2 Å². The van der Waals surface area contributed by atoms with Crippen molar-refractivity contribution < 1.29 is 9.47 Å². The van der Waals surface area contributed by atoms with E-state index >= 15 is 0 Å².